The molecule has 3 heteroatoms. The van der Waals surface area contributed by atoms with Gasteiger partial charge in [-0.2, -0.15) is 0 Å². The van der Waals surface area contributed by atoms with Crippen LogP contribution < -0.4 is 4.74 Å². The highest BCUT2D eigenvalue weighted by molar-refractivity contribution is 6.11. The molecule has 0 N–H and O–H groups in total. The molecule has 1 aliphatic rings. The smallest absolute Gasteiger partial charge is 0.196 e. The molecule has 0 saturated heterocycles. The molecule has 2 aromatic carbocycles. The molecular weight excluding hydrogens is 360 g/mol. The summed E-state index contributed by atoms with van der Waals surface area (Å²) in [5, 5.41) is 0. The third kappa shape index (κ3) is 3.87. The van der Waals surface area contributed by atoms with Crippen molar-refractivity contribution in [1.82, 2.24) is 0 Å². The largest absolute Gasteiger partial charge is 0.496 e. The maximum atomic E-state index is 13.6. The zero-order valence-electron chi connectivity index (χ0n) is 17.5. The lowest BCUT2D eigenvalue weighted by molar-refractivity contribution is 0.103. The Morgan fingerprint density at radius 1 is 1.07 bits per heavy atom. The highest BCUT2D eigenvalue weighted by Crippen LogP contribution is 2.39. The molecule has 4 rings (SSSR count). The Morgan fingerprint density at radius 3 is 2.48 bits per heavy atom. The molecule has 0 aliphatic heterocycles. The highest BCUT2D eigenvalue weighted by atomic mass is 16.5. The highest BCUT2D eigenvalue weighted by Gasteiger charge is 2.26. The summed E-state index contributed by atoms with van der Waals surface area (Å²) in [5.74, 6) is 2.96. The van der Waals surface area contributed by atoms with Crippen LogP contribution in [0.3, 0.4) is 0 Å². The zero-order chi connectivity index (χ0) is 20.4. The fourth-order valence-corrected chi connectivity index (χ4v) is 4.48. The van der Waals surface area contributed by atoms with Crippen LogP contribution in [-0.2, 0) is 6.42 Å². The Kier molecular flexibility index (Phi) is 5.57. The topological polar surface area (TPSA) is 39.4 Å². The Hall–Kier alpha value is -2.81. The number of furan rings is 1. The fraction of sp³-hybridized carbons (Fsp3) is 0.346. The SMILES string of the molecule is COc1ccc(C(=O)c2c(Cc3ccccc3)oc(C)c2C)cc1C1CCCC1. The van der Waals surface area contributed by atoms with E-state index in [-0.39, 0.29) is 5.78 Å². The molecule has 1 saturated carbocycles. The standard InChI is InChI=1S/C26H28O3/c1-17-18(2)29-24(15-19-9-5-4-6-10-19)25(17)26(27)21-13-14-23(28-3)22(16-21)20-11-7-8-12-20/h4-6,9-10,13-14,16,20H,7-8,11-12,15H2,1-3H3. The summed E-state index contributed by atoms with van der Waals surface area (Å²) < 4.78 is 11.6. The molecule has 3 nitrogen and oxygen atoms in total. The van der Waals surface area contributed by atoms with Gasteiger partial charge in [-0.1, -0.05) is 43.2 Å². The van der Waals surface area contributed by atoms with E-state index in [2.05, 4.69) is 12.1 Å². The Morgan fingerprint density at radius 2 is 1.79 bits per heavy atom. The van der Waals surface area contributed by atoms with E-state index in [0.717, 1.165) is 41.2 Å². The van der Waals surface area contributed by atoms with Gasteiger partial charge in [0.2, 0.25) is 0 Å². The van der Waals surface area contributed by atoms with E-state index in [4.69, 9.17) is 9.15 Å². The van der Waals surface area contributed by atoms with Crippen molar-refractivity contribution in [3.63, 3.8) is 0 Å². The third-order valence-corrected chi connectivity index (χ3v) is 6.18. The lowest BCUT2D eigenvalue weighted by atomic mass is 9.91. The molecule has 3 aromatic rings. The van der Waals surface area contributed by atoms with E-state index in [1.807, 2.05) is 50.2 Å². The molecule has 0 unspecified atom stereocenters. The molecular formula is C26H28O3. The molecule has 29 heavy (non-hydrogen) atoms. The Balaban J connectivity index is 1.72. The van der Waals surface area contributed by atoms with Gasteiger partial charge in [0.25, 0.3) is 0 Å². The first-order valence-corrected chi connectivity index (χ1v) is 10.4. The van der Waals surface area contributed by atoms with Gasteiger partial charge < -0.3 is 9.15 Å². The van der Waals surface area contributed by atoms with Gasteiger partial charge in [-0.05, 0) is 61.9 Å². The van der Waals surface area contributed by atoms with Crippen LogP contribution in [0.25, 0.3) is 0 Å². The first kappa shape index (κ1) is 19.5. The van der Waals surface area contributed by atoms with E-state index in [9.17, 15) is 4.79 Å². The van der Waals surface area contributed by atoms with Gasteiger partial charge in [-0.3, -0.25) is 4.79 Å². The second kappa shape index (κ2) is 8.28. The lowest BCUT2D eigenvalue weighted by Gasteiger charge is -2.16. The monoisotopic (exact) mass is 388 g/mol. The second-order valence-electron chi connectivity index (χ2n) is 8.01. The number of hydrogen-bond acceptors (Lipinski definition) is 3. The van der Waals surface area contributed by atoms with E-state index >= 15 is 0 Å². The number of carbonyl (C=O) groups excluding carboxylic acids is 1. The van der Waals surface area contributed by atoms with Gasteiger partial charge in [0.05, 0.1) is 12.7 Å². The van der Waals surface area contributed by atoms with Crippen LogP contribution in [0.2, 0.25) is 0 Å². The Labute approximate surface area is 172 Å². The predicted octanol–water partition coefficient (Wildman–Crippen LogP) is 6.38. The van der Waals surface area contributed by atoms with Crippen LogP contribution in [0.15, 0.2) is 52.9 Å². The predicted molar refractivity (Wildman–Crippen MR) is 115 cm³/mol. The van der Waals surface area contributed by atoms with Crippen molar-refractivity contribution in [3.05, 3.63) is 87.9 Å². The number of methoxy groups -OCH3 is 1. The first-order chi connectivity index (χ1) is 14.1. The maximum absolute atomic E-state index is 13.6. The van der Waals surface area contributed by atoms with E-state index < -0.39 is 0 Å². The van der Waals surface area contributed by atoms with Crippen molar-refractivity contribution >= 4 is 5.78 Å². The van der Waals surface area contributed by atoms with Crippen molar-refractivity contribution in [3.8, 4) is 5.75 Å². The molecule has 1 heterocycles. The van der Waals surface area contributed by atoms with E-state index in [1.54, 1.807) is 7.11 Å². The number of rotatable bonds is 6. The molecule has 0 atom stereocenters. The number of ketones is 1. The van der Waals surface area contributed by atoms with E-state index in [1.165, 1.54) is 18.4 Å². The molecule has 1 aromatic heterocycles. The Bertz CT molecular complexity index is 1010. The molecule has 1 aliphatic carbocycles. The number of carbonyl (C=O) groups is 1. The third-order valence-electron chi connectivity index (χ3n) is 6.18. The lowest BCUT2D eigenvalue weighted by Crippen LogP contribution is -2.08. The summed E-state index contributed by atoms with van der Waals surface area (Å²) in [6, 6.07) is 16.0. The second-order valence-corrected chi connectivity index (χ2v) is 8.01. The number of benzene rings is 2. The van der Waals surface area contributed by atoms with Crippen molar-refractivity contribution in [1.29, 1.82) is 0 Å². The van der Waals surface area contributed by atoms with Gasteiger partial charge >= 0.3 is 0 Å². The van der Waals surface area contributed by atoms with Gasteiger partial charge in [0, 0.05) is 17.5 Å². The van der Waals surface area contributed by atoms with Gasteiger partial charge in [0.1, 0.15) is 17.3 Å². The van der Waals surface area contributed by atoms with Gasteiger partial charge in [-0.25, -0.2) is 0 Å². The minimum Gasteiger partial charge on any atom is -0.496 e. The minimum absolute atomic E-state index is 0.0344. The average Bonchev–Trinajstić information content (AvgIpc) is 3.37. The summed E-state index contributed by atoms with van der Waals surface area (Å²) in [4.78, 5) is 13.6. The number of hydrogen-bond donors (Lipinski definition) is 0. The maximum Gasteiger partial charge on any atom is 0.196 e. The van der Waals surface area contributed by atoms with Crippen LogP contribution >= 0.6 is 0 Å². The van der Waals surface area contributed by atoms with Gasteiger partial charge in [0.15, 0.2) is 5.78 Å². The number of ether oxygens (including phenoxy) is 1. The summed E-state index contributed by atoms with van der Waals surface area (Å²) >= 11 is 0. The summed E-state index contributed by atoms with van der Waals surface area (Å²) in [6.45, 7) is 3.90. The van der Waals surface area contributed by atoms with Crippen LogP contribution in [-0.4, -0.2) is 12.9 Å². The molecule has 0 amide bonds. The zero-order valence-corrected chi connectivity index (χ0v) is 17.5. The summed E-state index contributed by atoms with van der Waals surface area (Å²) in [5.41, 5.74) is 4.65. The normalized spacial score (nSPS) is 14.3. The van der Waals surface area contributed by atoms with Gasteiger partial charge in [-0.15, -0.1) is 0 Å². The quantitative estimate of drug-likeness (QED) is 0.460. The molecule has 0 spiro atoms. The molecule has 1 fully saturated rings. The summed E-state index contributed by atoms with van der Waals surface area (Å²) in [6.07, 6.45) is 5.43. The first-order valence-electron chi connectivity index (χ1n) is 10.4. The van der Waals surface area contributed by atoms with Crippen LogP contribution in [0.1, 0.15) is 75.7 Å². The molecule has 0 bridgehead atoms. The van der Waals surface area contributed by atoms with Crippen LogP contribution in [0, 0.1) is 13.8 Å². The molecule has 150 valence electrons. The minimum atomic E-state index is 0.0344. The van der Waals surface area contributed by atoms with Crippen LogP contribution in [0.4, 0.5) is 0 Å². The van der Waals surface area contributed by atoms with Crippen molar-refractivity contribution in [2.75, 3.05) is 7.11 Å². The summed E-state index contributed by atoms with van der Waals surface area (Å²) in [7, 11) is 1.71. The van der Waals surface area contributed by atoms with Crippen molar-refractivity contribution < 1.29 is 13.9 Å². The number of aryl methyl sites for hydroxylation is 1. The fourth-order valence-electron chi connectivity index (χ4n) is 4.48. The van der Waals surface area contributed by atoms with Crippen molar-refractivity contribution in [2.24, 2.45) is 0 Å². The van der Waals surface area contributed by atoms with Crippen LogP contribution in [0.5, 0.6) is 5.75 Å². The van der Waals surface area contributed by atoms with Crippen molar-refractivity contribution in [2.45, 2.75) is 51.9 Å². The average molecular weight is 389 g/mol. The van der Waals surface area contributed by atoms with E-state index in [0.29, 0.717) is 23.5 Å². The molecule has 0 radical (unpaired) electrons.